The molecule has 2 heterocycles. The summed E-state index contributed by atoms with van der Waals surface area (Å²) in [5.41, 5.74) is 5.95. The number of nitrogens with one attached hydrogen (secondary N) is 2. The molecule has 0 aliphatic rings. The highest BCUT2D eigenvalue weighted by Crippen LogP contribution is 2.21. The van der Waals surface area contributed by atoms with Gasteiger partial charge in [-0.1, -0.05) is 18.2 Å². The van der Waals surface area contributed by atoms with E-state index in [4.69, 9.17) is 5.73 Å². The molecule has 0 aliphatic heterocycles. The molecule has 0 atom stereocenters. The number of carbonyl (C=O) groups is 3. The molecule has 1 aromatic carbocycles. The smallest absolute Gasteiger partial charge is 0.314 e. The first-order valence-corrected chi connectivity index (χ1v) is 8.05. The number of anilines is 1. The molecule has 0 unspecified atom stereocenters. The molecule has 9 heteroatoms. The van der Waals surface area contributed by atoms with Crippen LogP contribution in [0.2, 0.25) is 0 Å². The minimum absolute atomic E-state index is 0.00677. The largest absolute Gasteiger partial charge is 0.364 e. The topological polar surface area (TPSA) is 127 Å². The highest BCUT2D eigenvalue weighted by Gasteiger charge is 2.15. The number of hydrogen-bond acceptors (Lipinski definition) is 6. The zero-order valence-electron chi connectivity index (χ0n) is 12.9. The molecular formula is C16H13N5O3S. The Morgan fingerprint density at radius 2 is 1.80 bits per heavy atom. The Balaban J connectivity index is 1.60. The number of aromatic nitrogens is 2. The summed E-state index contributed by atoms with van der Waals surface area (Å²) in [7, 11) is 0. The fourth-order valence-corrected chi connectivity index (χ4v) is 2.95. The van der Waals surface area contributed by atoms with E-state index in [0.717, 1.165) is 10.2 Å². The Labute approximate surface area is 146 Å². The van der Waals surface area contributed by atoms with Crippen molar-refractivity contribution in [3.05, 3.63) is 53.2 Å². The standard InChI is InChI=1S/C16H13N5O3S/c17-14(22)10-5-3-7-12(19-10)21-16(24)15(23)18-8-13-20-9-4-1-2-6-11(9)25-13/h1-7H,8H2,(H2,17,22)(H,18,23)(H,19,21,24). The van der Waals surface area contributed by atoms with Gasteiger partial charge in [0.2, 0.25) is 0 Å². The van der Waals surface area contributed by atoms with Gasteiger partial charge in [-0.25, -0.2) is 9.97 Å². The molecule has 126 valence electrons. The Kier molecular flexibility index (Phi) is 4.66. The third-order valence-electron chi connectivity index (χ3n) is 3.19. The number of nitrogens with zero attached hydrogens (tertiary/aromatic N) is 2. The summed E-state index contributed by atoms with van der Waals surface area (Å²) in [5, 5.41) is 5.50. The van der Waals surface area contributed by atoms with E-state index < -0.39 is 17.7 Å². The van der Waals surface area contributed by atoms with Crippen LogP contribution in [0.15, 0.2) is 42.5 Å². The Hall–Kier alpha value is -3.33. The van der Waals surface area contributed by atoms with Crippen LogP contribution in [-0.4, -0.2) is 27.7 Å². The number of pyridine rings is 1. The van der Waals surface area contributed by atoms with Crippen LogP contribution < -0.4 is 16.4 Å². The zero-order valence-corrected chi connectivity index (χ0v) is 13.7. The predicted molar refractivity (Wildman–Crippen MR) is 92.9 cm³/mol. The van der Waals surface area contributed by atoms with E-state index in [9.17, 15) is 14.4 Å². The van der Waals surface area contributed by atoms with Crippen LogP contribution in [0.1, 0.15) is 15.5 Å². The van der Waals surface area contributed by atoms with Gasteiger partial charge in [-0.3, -0.25) is 14.4 Å². The average Bonchev–Trinajstić information content (AvgIpc) is 3.02. The highest BCUT2D eigenvalue weighted by atomic mass is 32.1. The van der Waals surface area contributed by atoms with E-state index in [0.29, 0.717) is 5.01 Å². The third kappa shape index (κ3) is 3.96. The van der Waals surface area contributed by atoms with Crippen LogP contribution in [0.3, 0.4) is 0 Å². The molecule has 3 rings (SSSR count). The van der Waals surface area contributed by atoms with Gasteiger partial charge in [-0.05, 0) is 24.3 Å². The predicted octanol–water partition coefficient (Wildman–Crippen LogP) is 1.05. The molecule has 3 aromatic rings. The van der Waals surface area contributed by atoms with Crippen molar-refractivity contribution in [3.8, 4) is 0 Å². The Morgan fingerprint density at radius 3 is 2.56 bits per heavy atom. The van der Waals surface area contributed by atoms with Gasteiger partial charge in [0.1, 0.15) is 16.5 Å². The first-order chi connectivity index (χ1) is 12.0. The number of thiazole rings is 1. The first kappa shape index (κ1) is 16.5. The lowest BCUT2D eigenvalue weighted by Gasteiger charge is -2.05. The number of hydrogen-bond donors (Lipinski definition) is 3. The molecule has 8 nitrogen and oxygen atoms in total. The molecule has 3 amide bonds. The number of primary amides is 1. The van der Waals surface area contributed by atoms with Gasteiger partial charge < -0.3 is 16.4 Å². The van der Waals surface area contributed by atoms with Gasteiger partial charge in [-0.15, -0.1) is 11.3 Å². The summed E-state index contributed by atoms with van der Waals surface area (Å²) < 4.78 is 1.00. The maximum Gasteiger partial charge on any atom is 0.314 e. The lowest BCUT2D eigenvalue weighted by atomic mass is 10.3. The van der Waals surface area contributed by atoms with Gasteiger partial charge >= 0.3 is 11.8 Å². The summed E-state index contributed by atoms with van der Waals surface area (Å²) in [6, 6.07) is 12.0. The summed E-state index contributed by atoms with van der Waals surface area (Å²) in [6.45, 7) is 0.139. The fourth-order valence-electron chi connectivity index (χ4n) is 2.05. The highest BCUT2D eigenvalue weighted by molar-refractivity contribution is 7.18. The summed E-state index contributed by atoms with van der Waals surface area (Å²) in [5.74, 6) is -2.38. The van der Waals surface area contributed by atoms with E-state index in [2.05, 4.69) is 20.6 Å². The summed E-state index contributed by atoms with van der Waals surface area (Å²) >= 11 is 1.44. The monoisotopic (exact) mass is 355 g/mol. The van der Waals surface area contributed by atoms with Gasteiger partial charge in [-0.2, -0.15) is 0 Å². The molecule has 0 fully saturated rings. The number of fused-ring (bicyclic) bond motifs is 1. The van der Waals surface area contributed by atoms with Crippen molar-refractivity contribution in [2.75, 3.05) is 5.32 Å². The zero-order chi connectivity index (χ0) is 17.8. The van der Waals surface area contributed by atoms with Crippen molar-refractivity contribution in [1.29, 1.82) is 0 Å². The van der Waals surface area contributed by atoms with Crippen LogP contribution in [0.25, 0.3) is 10.2 Å². The van der Waals surface area contributed by atoms with E-state index in [-0.39, 0.29) is 18.1 Å². The molecule has 2 aromatic heterocycles. The SMILES string of the molecule is NC(=O)c1cccc(NC(=O)C(=O)NCc2nc3ccccc3s2)n1. The van der Waals surface area contributed by atoms with Crippen LogP contribution in [-0.2, 0) is 16.1 Å². The number of carbonyl (C=O) groups excluding carboxylic acids is 3. The lowest BCUT2D eigenvalue weighted by Crippen LogP contribution is -2.35. The number of para-hydroxylation sites is 1. The van der Waals surface area contributed by atoms with Gasteiger partial charge in [0.15, 0.2) is 0 Å². The van der Waals surface area contributed by atoms with Crippen molar-refractivity contribution in [1.82, 2.24) is 15.3 Å². The maximum absolute atomic E-state index is 11.9. The van der Waals surface area contributed by atoms with Gasteiger partial charge in [0, 0.05) is 0 Å². The van der Waals surface area contributed by atoms with Crippen molar-refractivity contribution < 1.29 is 14.4 Å². The van der Waals surface area contributed by atoms with E-state index in [1.807, 2.05) is 24.3 Å². The molecule has 0 aliphatic carbocycles. The second-order valence-electron chi connectivity index (χ2n) is 4.98. The molecule has 0 radical (unpaired) electrons. The van der Waals surface area contributed by atoms with Gasteiger partial charge in [0.05, 0.1) is 16.8 Å². The molecule has 0 bridgehead atoms. The second-order valence-corrected chi connectivity index (χ2v) is 6.10. The molecule has 0 saturated carbocycles. The molecule has 0 spiro atoms. The summed E-state index contributed by atoms with van der Waals surface area (Å²) in [4.78, 5) is 43.1. The molecule has 25 heavy (non-hydrogen) atoms. The van der Waals surface area contributed by atoms with E-state index in [1.54, 1.807) is 0 Å². The van der Waals surface area contributed by atoms with E-state index in [1.165, 1.54) is 29.5 Å². The number of amides is 3. The van der Waals surface area contributed by atoms with Crippen molar-refractivity contribution in [2.45, 2.75) is 6.54 Å². The number of rotatable bonds is 4. The molecule has 4 N–H and O–H groups in total. The first-order valence-electron chi connectivity index (χ1n) is 7.23. The second kappa shape index (κ2) is 7.05. The van der Waals surface area contributed by atoms with Crippen LogP contribution >= 0.6 is 11.3 Å². The normalized spacial score (nSPS) is 10.4. The van der Waals surface area contributed by atoms with Crippen molar-refractivity contribution in [3.63, 3.8) is 0 Å². The van der Waals surface area contributed by atoms with Crippen LogP contribution in [0.4, 0.5) is 5.82 Å². The van der Waals surface area contributed by atoms with E-state index >= 15 is 0 Å². The third-order valence-corrected chi connectivity index (χ3v) is 4.22. The van der Waals surface area contributed by atoms with Gasteiger partial charge in [0.25, 0.3) is 5.91 Å². The number of nitrogens with two attached hydrogens (primary N) is 1. The van der Waals surface area contributed by atoms with Crippen molar-refractivity contribution in [2.24, 2.45) is 5.73 Å². The molecular weight excluding hydrogens is 342 g/mol. The quantitative estimate of drug-likeness (QED) is 0.603. The Morgan fingerprint density at radius 1 is 1.00 bits per heavy atom. The average molecular weight is 355 g/mol. The fraction of sp³-hybridized carbons (Fsp3) is 0.0625. The minimum Gasteiger partial charge on any atom is -0.364 e. The lowest BCUT2D eigenvalue weighted by molar-refractivity contribution is -0.136. The van der Waals surface area contributed by atoms with Crippen molar-refractivity contribution >= 4 is 45.1 Å². The van der Waals surface area contributed by atoms with Crippen LogP contribution in [0.5, 0.6) is 0 Å². The maximum atomic E-state index is 11.9. The minimum atomic E-state index is -0.893. The van der Waals surface area contributed by atoms with Crippen LogP contribution in [0, 0.1) is 0 Å². The Bertz CT molecular complexity index is 936. The molecule has 0 saturated heterocycles. The number of benzene rings is 1. The summed E-state index contributed by atoms with van der Waals surface area (Å²) in [6.07, 6.45) is 0.